The Morgan fingerprint density at radius 1 is 1.20 bits per heavy atom. The number of pyridine rings is 1. The molecule has 0 unspecified atom stereocenters. The number of carbonyl (C=O) groups is 2. The molecule has 1 heterocycles. The number of hydrogen-bond donors (Lipinski definition) is 1. The molecule has 1 aromatic carbocycles. The van der Waals surface area contributed by atoms with E-state index < -0.39 is 11.8 Å². The van der Waals surface area contributed by atoms with Crippen LogP contribution in [-0.4, -0.2) is 21.8 Å². The van der Waals surface area contributed by atoms with Crippen molar-refractivity contribution < 1.29 is 19.1 Å². The third-order valence-corrected chi connectivity index (χ3v) is 2.84. The third-order valence-electron chi connectivity index (χ3n) is 2.84. The quantitative estimate of drug-likeness (QED) is 0.850. The fraction of sp³-hybridized carbons (Fsp3) is 0.133. The Morgan fingerprint density at radius 3 is 2.65 bits per heavy atom. The molecular weight excluding hydrogens is 261 g/mol. The predicted octanol–water partition coefficient (Wildman–Crippen LogP) is 2.47. The Bertz CT molecular complexity index is 641. The molecule has 0 saturated heterocycles. The number of hydrogen-bond acceptors (Lipinski definition) is 3. The fourth-order valence-corrected chi connectivity index (χ4v) is 1.81. The van der Waals surface area contributed by atoms with Gasteiger partial charge in [-0.2, -0.15) is 0 Å². The molecule has 0 aliphatic heterocycles. The Balaban J connectivity index is 2.27. The first-order chi connectivity index (χ1) is 9.58. The van der Waals surface area contributed by atoms with Gasteiger partial charge in [-0.15, -0.1) is 0 Å². The maximum atomic E-state index is 13.6. The Labute approximate surface area is 114 Å². The molecule has 0 radical (unpaired) electrons. The highest BCUT2D eigenvalue weighted by Gasteiger charge is 2.12. The van der Waals surface area contributed by atoms with Crippen molar-refractivity contribution in [1.82, 2.24) is 4.98 Å². The molecule has 0 aliphatic rings. The lowest BCUT2D eigenvalue weighted by atomic mass is 10.00. The lowest BCUT2D eigenvalue weighted by molar-refractivity contribution is -0.136. The van der Waals surface area contributed by atoms with Crippen LogP contribution in [0.3, 0.4) is 0 Å². The average Bonchev–Trinajstić information content (AvgIpc) is 2.46. The average molecular weight is 273 g/mol. The zero-order valence-electron chi connectivity index (χ0n) is 10.5. The van der Waals surface area contributed by atoms with Gasteiger partial charge >= 0.3 is 5.97 Å². The minimum atomic E-state index is -1.01. The van der Waals surface area contributed by atoms with Gasteiger partial charge < -0.3 is 5.11 Å². The van der Waals surface area contributed by atoms with Gasteiger partial charge in [0, 0.05) is 29.9 Å². The summed E-state index contributed by atoms with van der Waals surface area (Å²) in [5, 5.41) is 8.62. The van der Waals surface area contributed by atoms with Gasteiger partial charge in [0.25, 0.3) is 0 Å². The lowest BCUT2D eigenvalue weighted by Gasteiger charge is -2.05. The van der Waals surface area contributed by atoms with Crippen molar-refractivity contribution >= 4 is 11.8 Å². The van der Waals surface area contributed by atoms with Crippen molar-refractivity contribution in [2.45, 2.75) is 12.8 Å². The second-order valence-electron chi connectivity index (χ2n) is 4.27. The number of carboxylic acids is 1. The maximum absolute atomic E-state index is 13.6. The topological polar surface area (TPSA) is 67.3 Å². The van der Waals surface area contributed by atoms with Crippen molar-refractivity contribution in [1.29, 1.82) is 0 Å². The summed E-state index contributed by atoms with van der Waals surface area (Å²) in [7, 11) is 0. The van der Waals surface area contributed by atoms with Crippen LogP contribution in [0.2, 0.25) is 0 Å². The molecule has 5 heteroatoms. The summed E-state index contributed by atoms with van der Waals surface area (Å²) in [5.41, 5.74) is 0.949. The van der Waals surface area contributed by atoms with Crippen molar-refractivity contribution in [3.63, 3.8) is 0 Å². The predicted molar refractivity (Wildman–Crippen MR) is 70.0 cm³/mol. The van der Waals surface area contributed by atoms with E-state index in [2.05, 4.69) is 4.98 Å². The lowest BCUT2D eigenvalue weighted by Crippen LogP contribution is -2.05. The van der Waals surface area contributed by atoms with E-state index in [4.69, 9.17) is 5.11 Å². The SMILES string of the molecule is O=C(O)CCc1cc(C(=O)c2cccnc2)ccc1F. The van der Waals surface area contributed by atoms with Crippen molar-refractivity contribution in [2.24, 2.45) is 0 Å². The molecule has 20 heavy (non-hydrogen) atoms. The van der Waals surface area contributed by atoms with Gasteiger partial charge in [-0.3, -0.25) is 14.6 Å². The minimum Gasteiger partial charge on any atom is -0.481 e. The Morgan fingerprint density at radius 2 is 2.00 bits per heavy atom. The maximum Gasteiger partial charge on any atom is 0.303 e. The highest BCUT2D eigenvalue weighted by Crippen LogP contribution is 2.16. The van der Waals surface area contributed by atoms with E-state index >= 15 is 0 Å². The molecule has 4 nitrogen and oxygen atoms in total. The molecule has 0 amide bonds. The van der Waals surface area contributed by atoms with Crippen molar-refractivity contribution in [3.05, 3.63) is 65.2 Å². The first kappa shape index (κ1) is 13.9. The Hall–Kier alpha value is -2.56. The number of nitrogens with zero attached hydrogens (tertiary/aromatic N) is 1. The zero-order chi connectivity index (χ0) is 14.5. The number of carbonyl (C=O) groups excluding carboxylic acids is 1. The monoisotopic (exact) mass is 273 g/mol. The van der Waals surface area contributed by atoms with Crippen LogP contribution in [0.4, 0.5) is 4.39 Å². The summed E-state index contributed by atoms with van der Waals surface area (Å²) in [6.45, 7) is 0. The summed E-state index contributed by atoms with van der Waals surface area (Å²) in [5.74, 6) is -1.78. The van der Waals surface area contributed by atoms with E-state index in [1.165, 1.54) is 24.4 Å². The Kier molecular flexibility index (Phi) is 4.20. The van der Waals surface area contributed by atoms with Gasteiger partial charge in [0.1, 0.15) is 5.82 Å². The molecule has 2 aromatic rings. The van der Waals surface area contributed by atoms with E-state index in [0.29, 0.717) is 11.1 Å². The van der Waals surface area contributed by atoms with Gasteiger partial charge in [0.15, 0.2) is 5.78 Å². The smallest absolute Gasteiger partial charge is 0.303 e. The van der Waals surface area contributed by atoms with Crippen molar-refractivity contribution in [2.75, 3.05) is 0 Å². The van der Waals surface area contributed by atoms with Crippen LogP contribution >= 0.6 is 0 Å². The van der Waals surface area contributed by atoms with Crippen LogP contribution in [0.5, 0.6) is 0 Å². The number of aromatic nitrogens is 1. The van der Waals surface area contributed by atoms with E-state index in [1.807, 2.05) is 0 Å². The minimum absolute atomic E-state index is 0.0509. The molecule has 1 N–H and O–H groups in total. The molecule has 0 fully saturated rings. The van der Waals surface area contributed by atoms with Crippen LogP contribution in [0.15, 0.2) is 42.7 Å². The molecule has 2 rings (SSSR count). The summed E-state index contributed by atoms with van der Waals surface area (Å²) in [4.78, 5) is 26.6. The van der Waals surface area contributed by atoms with Crippen LogP contribution in [0.1, 0.15) is 27.9 Å². The summed E-state index contributed by atoms with van der Waals surface area (Å²) in [6, 6.07) is 7.22. The first-order valence-electron chi connectivity index (χ1n) is 6.03. The highest BCUT2D eigenvalue weighted by atomic mass is 19.1. The molecule has 1 aromatic heterocycles. The fourth-order valence-electron chi connectivity index (χ4n) is 1.81. The van der Waals surface area contributed by atoms with Gasteiger partial charge in [0.2, 0.25) is 0 Å². The van der Waals surface area contributed by atoms with Gasteiger partial charge in [-0.05, 0) is 42.3 Å². The van der Waals surface area contributed by atoms with Gasteiger partial charge in [0.05, 0.1) is 0 Å². The van der Waals surface area contributed by atoms with Crippen LogP contribution in [0, 0.1) is 5.82 Å². The number of carboxylic acid groups (broad SMARTS) is 1. The molecule has 0 aliphatic carbocycles. The molecule has 0 saturated carbocycles. The number of aryl methyl sites for hydroxylation is 1. The largest absolute Gasteiger partial charge is 0.481 e. The second-order valence-corrected chi connectivity index (χ2v) is 4.27. The van der Waals surface area contributed by atoms with Crippen LogP contribution in [0.25, 0.3) is 0 Å². The first-order valence-corrected chi connectivity index (χ1v) is 6.03. The number of rotatable bonds is 5. The number of ketones is 1. The van der Waals surface area contributed by atoms with Gasteiger partial charge in [-0.25, -0.2) is 4.39 Å². The van der Waals surface area contributed by atoms with E-state index in [-0.39, 0.29) is 24.2 Å². The molecular formula is C15H12FNO3. The standard InChI is InChI=1S/C15H12FNO3/c16-13-5-3-11(8-10(13)4-6-14(18)19)15(20)12-2-1-7-17-9-12/h1-3,5,7-9H,4,6H2,(H,18,19). The van der Waals surface area contributed by atoms with E-state index in [9.17, 15) is 14.0 Å². The summed E-state index contributed by atoms with van der Waals surface area (Å²) in [6.07, 6.45) is 2.86. The highest BCUT2D eigenvalue weighted by molar-refractivity contribution is 6.08. The third kappa shape index (κ3) is 3.26. The summed E-state index contributed by atoms with van der Waals surface area (Å²) >= 11 is 0. The second kappa shape index (κ2) is 6.06. The summed E-state index contributed by atoms with van der Waals surface area (Å²) < 4.78 is 13.6. The van der Waals surface area contributed by atoms with E-state index in [1.54, 1.807) is 18.3 Å². The number of aliphatic carboxylic acids is 1. The normalized spacial score (nSPS) is 10.2. The molecule has 102 valence electrons. The van der Waals surface area contributed by atoms with E-state index in [0.717, 1.165) is 0 Å². The number of benzene rings is 1. The molecule has 0 spiro atoms. The molecule has 0 atom stereocenters. The number of halogens is 1. The zero-order valence-corrected chi connectivity index (χ0v) is 10.5. The van der Waals surface area contributed by atoms with Crippen LogP contribution in [-0.2, 0) is 11.2 Å². The van der Waals surface area contributed by atoms with Gasteiger partial charge in [-0.1, -0.05) is 0 Å². The van der Waals surface area contributed by atoms with Crippen molar-refractivity contribution in [3.8, 4) is 0 Å². The van der Waals surface area contributed by atoms with Crippen LogP contribution < -0.4 is 0 Å². The molecule has 0 bridgehead atoms.